The lowest BCUT2D eigenvalue weighted by atomic mass is 10.1. The smallest absolute Gasteiger partial charge is 0.386 e. The number of aliphatic hydroxyl groups excluding tert-OH is 1. The lowest BCUT2D eigenvalue weighted by Crippen LogP contribution is -2.39. The van der Waals surface area contributed by atoms with Crippen molar-refractivity contribution in [3.05, 3.63) is 11.6 Å². The molecular weight excluding hydrogens is 353 g/mol. The molecule has 23 heavy (non-hydrogen) atoms. The van der Waals surface area contributed by atoms with Crippen molar-refractivity contribution in [1.82, 2.24) is 19.5 Å². The Hall–Kier alpha value is -1.33. The molecule has 0 radical (unpaired) electrons. The minimum Gasteiger partial charge on any atom is -0.386 e. The van der Waals surface area contributed by atoms with Gasteiger partial charge in [0.25, 0.3) is 0 Å². The van der Waals surface area contributed by atoms with Crippen molar-refractivity contribution >= 4 is 36.4 Å². The van der Waals surface area contributed by atoms with E-state index in [4.69, 9.17) is 26.6 Å². The number of aromatic nitrogens is 4. The van der Waals surface area contributed by atoms with E-state index in [1.54, 1.807) is 0 Å². The molecule has 5 atom stereocenters. The molecule has 0 amide bonds. The van der Waals surface area contributed by atoms with Crippen LogP contribution in [0.1, 0.15) is 6.23 Å². The molecule has 2 aliphatic heterocycles. The molecule has 11 nitrogen and oxygen atoms in total. The third-order valence-corrected chi connectivity index (χ3v) is 4.93. The molecule has 2 saturated heterocycles. The molecule has 0 spiro atoms. The van der Waals surface area contributed by atoms with Crippen LogP contribution in [0.4, 0.5) is 5.82 Å². The van der Waals surface area contributed by atoms with Crippen molar-refractivity contribution in [3.63, 3.8) is 0 Å². The first kappa shape index (κ1) is 15.2. The molecule has 124 valence electrons. The van der Waals surface area contributed by atoms with Gasteiger partial charge < -0.3 is 20.5 Å². The Kier molecular flexibility index (Phi) is 3.36. The van der Waals surface area contributed by atoms with E-state index in [0.717, 1.165) is 0 Å². The van der Waals surface area contributed by atoms with E-state index in [-0.39, 0.29) is 28.9 Å². The average molecular weight is 364 g/mol. The molecule has 0 aliphatic carbocycles. The minimum atomic E-state index is -4.21. The first-order valence-electron chi connectivity index (χ1n) is 6.50. The van der Waals surface area contributed by atoms with Crippen molar-refractivity contribution in [2.45, 2.75) is 24.5 Å². The summed E-state index contributed by atoms with van der Waals surface area (Å²) in [5.41, 5.74) is 6.24. The second-order valence-electron chi connectivity index (χ2n) is 5.07. The van der Waals surface area contributed by atoms with Crippen LogP contribution >= 0.6 is 19.4 Å². The molecule has 4 rings (SSSR count). The van der Waals surface area contributed by atoms with Crippen LogP contribution in [0.3, 0.4) is 0 Å². The highest BCUT2D eigenvalue weighted by molar-refractivity contribution is 7.47. The van der Waals surface area contributed by atoms with Crippen molar-refractivity contribution < 1.29 is 28.3 Å². The molecular formula is C10H11ClN5O6P. The number of anilines is 1. The van der Waals surface area contributed by atoms with E-state index in [0.29, 0.717) is 0 Å². The number of halogens is 1. The Labute approximate surface area is 133 Å². The van der Waals surface area contributed by atoms with Gasteiger partial charge in [0, 0.05) is 0 Å². The standard InChI is InChI=1S/C10H11ClN5O6P/c11-10-15-4-7(12)13-2-14-8(4)16(10)9-5(17)6-3(21-9)1-20-23(18,19)22-6/h2-3,5-6,9,17H,1H2,(H,18,19)(H2,12,13,14)/t3-,5+,6-,9+/m0/s1. The summed E-state index contributed by atoms with van der Waals surface area (Å²) in [7, 11) is -4.21. The second-order valence-corrected chi connectivity index (χ2v) is 6.82. The monoisotopic (exact) mass is 363 g/mol. The molecule has 2 aromatic rings. The van der Waals surface area contributed by atoms with E-state index in [2.05, 4.69) is 19.5 Å². The van der Waals surface area contributed by atoms with Gasteiger partial charge >= 0.3 is 7.82 Å². The van der Waals surface area contributed by atoms with Crippen molar-refractivity contribution in [2.24, 2.45) is 0 Å². The Morgan fingerprint density at radius 1 is 1.48 bits per heavy atom. The van der Waals surface area contributed by atoms with Crippen LogP contribution < -0.4 is 5.73 Å². The highest BCUT2D eigenvalue weighted by atomic mass is 35.5. The molecule has 0 bridgehead atoms. The number of aliphatic hydroxyl groups is 1. The van der Waals surface area contributed by atoms with Gasteiger partial charge in [0.05, 0.1) is 6.61 Å². The molecule has 2 aliphatic rings. The number of nitrogen functional groups attached to an aromatic ring is 1. The largest absolute Gasteiger partial charge is 0.472 e. The number of hydrogen-bond donors (Lipinski definition) is 3. The van der Waals surface area contributed by atoms with Crippen LogP contribution in [0.5, 0.6) is 0 Å². The summed E-state index contributed by atoms with van der Waals surface area (Å²) in [4.78, 5) is 21.3. The Morgan fingerprint density at radius 3 is 3.04 bits per heavy atom. The Balaban J connectivity index is 1.76. The van der Waals surface area contributed by atoms with E-state index in [9.17, 15) is 14.6 Å². The summed E-state index contributed by atoms with van der Waals surface area (Å²) in [5, 5.41) is 10.4. The Bertz CT molecular complexity index is 831. The van der Waals surface area contributed by atoms with Gasteiger partial charge in [-0.25, -0.2) is 19.5 Å². The summed E-state index contributed by atoms with van der Waals surface area (Å²) >= 11 is 6.10. The van der Waals surface area contributed by atoms with Gasteiger partial charge in [0.2, 0.25) is 5.28 Å². The number of rotatable bonds is 1. The van der Waals surface area contributed by atoms with Crippen LogP contribution in [0.25, 0.3) is 11.2 Å². The summed E-state index contributed by atoms with van der Waals surface area (Å²) < 4.78 is 28.0. The van der Waals surface area contributed by atoms with Crippen LogP contribution in [0.15, 0.2) is 6.33 Å². The van der Waals surface area contributed by atoms with Crippen LogP contribution in [-0.4, -0.2) is 54.4 Å². The number of imidazole rings is 1. The van der Waals surface area contributed by atoms with Gasteiger partial charge in [-0.15, -0.1) is 0 Å². The quantitative estimate of drug-likeness (QED) is 0.459. The predicted octanol–water partition coefficient (Wildman–Crippen LogP) is -0.164. The fraction of sp³-hybridized carbons (Fsp3) is 0.500. The number of ether oxygens (including phenoxy) is 1. The molecule has 0 aromatic carbocycles. The number of hydrogen-bond acceptors (Lipinski definition) is 9. The van der Waals surface area contributed by atoms with Crippen LogP contribution in [-0.2, 0) is 18.3 Å². The molecule has 13 heteroatoms. The maximum atomic E-state index is 11.5. The maximum Gasteiger partial charge on any atom is 0.472 e. The Morgan fingerprint density at radius 2 is 2.26 bits per heavy atom. The van der Waals surface area contributed by atoms with Gasteiger partial charge in [-0.2, -0.15) is 0 Å². The summed E-state index contributed by atoms with van der Waals surface area (Å²) in [5.74, 6) is 0.125. The lowest BCUT2D eigenvalue weighted by molar-refractivity contribution is -0.0663. The lowest BCUT2D eigenvalue weighted by Gasteiger charge is -2.27. The predicted molar refractivity (Wildman–Crippen MR) is 75.3 cm³/mol. The highest BCUT2D eigenvalue weighted by Gasteiger charge is 2.53. The fourth-order valence-electron chi connectivity index (χ4n) is 2.67. The van der Waals surface area contributed by atoms with E-state index < -0.39 is 32.4 Å². The van der Waals surface area contributed by atoms with Crippen molar-refractivity contribution in [2.75, 3.05) is 12.3 Å². The number of nitrogens with two attached hydrogens (primary N) is 1. The van der Waals surface area contributed by atoms with E-state index >= 15 is 0 Å². The number of phosphoric acid groups is 1. The van der Waals surface area contributed by atoms with Gasteiger partial charge in [0.1, 0.15) is 24.6 Å². The summed E-state index contributed by atoms with van der Waals surface area (Å²) in [6.07, 6.45) is -2.87. The molecule has 2 aromatic heterocycles. The molecule has 1 unspecified atom stereocenters. The molecule has 2 fully saturated rings. The van der Waals surface area contributed by atoms with Crippen LogP contribution in [0, 0.1) is 0 Å². The fourth-order valence-corrected chi connectivity index (χ4v) is 3.90. The van der Waals surface area contributed by atoms with E-state index in [1.165, 1.54) is 10.9 Å². The second kappa shape index (κ2) is 5.08. The highest BCUT2D eigenvalue weighted by Crippen LogP contribution is 2.52. The summed E-state index contributed by atoms with van der Waals surface area (Å²) in [6.45, 7) is -0.201. The maximum absolute atomic E-state index is 11.5. The molecule has 0 saturated carbocycles. The van der Waals surface area contributed by atoms with Gasteiger partial charge in [0.15, 0.2) is 23.2 Å². The third kappa shape index (κ3) is 2.32. The van der Waals surface area contributed by atoms with Crippen LogP contribution in [0.2, 0.25) is 5.28 Å². The number of phosphoric ester groups is 1. The normalized spacial score (nSPS) is 37.2. The van der Waals surface area contributed by atoms with Gasteiger partial charge in [-0.3, -0.25) is 13.6 Å². The topological polar surface area (TPSA) is 155 Å². The number of fused-ring (bicyclic) bond motifs is 2. The SMILES string of the molecule is Nc1ncnc2c1nc(Cl)n2[C@@H]1O[C@H]2COP(=O)(O)O[C@@H]2[C@H]1O. The van der Waals surface area contributed by atoms with Crippen molar-refractivity contribution in [1.29, 1.82) is 0 Å². The molecule has 4 N–H and O–H groups in total. The minimum absolute atomic E-state index is 0.0250. The molecule has 4 heterocycles. The zero-order chi connectivity index (χ0) is 16.4. The van der Waals surface area contributed by atoms with E-state index in [1.807, 2.05) is 0 Å². The number of nitrogens with zero attached hydrogens (tertiary/aromatic N) is 4. The third-order valence-electron chi connectivity index (χ3n) is 3.68. The van der Waals surface area contributed by atoms with Gasteiger partial charge in [-0.05, 0) is 11.6 Å². The zero-order valence-corrected chi connectivity index (χ0v) is 13.0. The average Bonchev–Trinajstić information content (AvgIpc) is 2.97. The van der Waals surface area contributed by atoms with Gasteiger partial charge in [-0.1, -0.05) is 0 Å². The summed E-state index contributed by atoms with van der Waals surface area (Å²) in [6, 6.07) is 0. The van der Waals surface area contributed by atoms with Crippen molar-refractivity contribution in [3.8, 4) is 0 Å². The zero-order valence-electron chi connectivity index (χ0n) is 11.3. The first-order chi connectivity index (χ1) is 10.9. The first-order valence-corrected chi connectivity index (χ1v) is 8.38.